The predicted octanol–water partition coefficient (Wildman–Crippen LogP) is 2.32. The second kappa shape index (κ2) is 5.34. The number of hydrogen-bond acceptors (Lipinski definition) is 2. The van der Waals surface area contributed by atoms with E-state index in [1.807, 2.05) is 13.8 Å². The summed E-state index contributed by atoms with van der Waals surface area (Å²) in [6.07, 6.45) is 0. The van der Waals surface area contributed by atoms with E-state index < -0.39 is 10.0 Å². The number of benzene rings is 1. The van der Waals surface area contributed by atoms with E-state index in [9.17, 15) is 8.42 Å². The van der Waals surface area contributed by atoms with Crippen LogP contribution >= 0.6 is 11.6 Å². The zero-order valence-electron chi connectivity index (χ0n) is 8.41. The monoisotopic (exact) mass is 235 g/mol. The topological polar surface area (TPSA) is 60.2 Å². The first kappa shape index (κ1) is 13.4. The summed E-state index contributed by atoms with van der Waals surface area (Å²) in [5.41, 5.74) is 0.560. The first-order valence-electron chi connectivity index (χ1n) is 4.20. The lowest BCUT2D eigenvalue weighted by Crippen LogP contribution is -2.13. The maximum atomic E-state index is 10.9. The number of rotatable bonds is 1. The fraction of sp³-hybridized carbons (Fsp3) is 0.333. The van der Waals surface area contributed by atoms with Crippen LogP contribution in [-0.2, 0) is 10.0 Å². The van der Waals surface area contributed by atoms with Crippen molar-refractivity contribution in [1.82, 2.24) is 0 Å². The van der Waals surface area contributed by atoms with Gasteiger partial charge in [0.25, 0.3) is 0 Å². The molecule has 0 bridgehead atoms. The molecule has 0 radical (unpaired) electrons. The Morgan fingerprint density at radius 2 is 1.79 bits per heavy atom. The molecule has 80 valence electrons. The van der Waals surface area contributed by atoms with E-state index >= 15 is 0 Å². The highest BCUT2D eigenvalue weighted by Crippen LogP contribution is 2.17. The molecule has 0 saturated heterocycles. The Bertz CT molecular complexity index is 401. The van der Waals surface area contributed by atoms with Gasteiger partial charge in [0.15, 0.2) is 0 Å². The van der Waals surface area contributed by atoms with Crippen molar-refractivity contribution in [2.24, 2.45) is 5.14 Å². The Balaban J connectivity index is 0.000000791. The molecule has 2 N–H and O–H groups in total. The standard InChI is InChI=1S/C7H8ClNO2S.C2H6/c1-5-4-6(8)2-3-7(5)12(9,10)11;1-2/h2-4H,1H3,(H2,9,10,11);1-2H3. The molecule has 1 rings (SSSR count). The maximum Gasteiger partial charge on any atom is 0.238 e. The molecule has 0 spiro atoms. The normalized spacial score (nSPS) is 10.4. The van der Waals surface area contributed by atoms with Gasteiger partial charge >= 0.3 is 0 Å². The molecule has 5 heteroatoms. The van der Waals surface area contributed by atoms with Crippen LogP contribution in [0.25, 0.3) is 0 Å². The molecule has 1 aromatic carbocycles. The maximum absolute atomic E-state index is 10.9. The highest BCUT2D eigenvalue weighted by molar-refractivity contribution is 7.89. The molecule has 3 nitrogen and oxygen atoms in total. The third kappa shape index (κ3) is 3.65. The van der Waals surface area contributed by atoms with Gasteiger partial charge < -0.3 is 0 Å². The number of nitrogens with two attached hydrogens (primary N) is 1. The van der Waals surface area contributed by atoms with Crippen molar-refractivity contribution in [3.8, 4) is 0 Å². The van der Waals surface area contributed by atoms with Gasteiger partial charge in [0.2, 0.25) is 10.0 Å². The number of halogens is 1. The van der Waals surface area contributed by atoms with Crippen LogP contribution in [0.5, 0.6) is 0 Å². The minimum atomic E-state index is -3.61. The third-order valence-electron chi connectivity index (χ3n) is 1.44. The van der Waals surface area contributed by atoms with Crippen LogP contribution in [-0.4, -0.2) is 8.42 Å². The summed E-state index contributed by atoms with van der Waals surface area (Å²) in [4.78, 5) is 0.118. The molecule has 0 amide bonds. The van der Waals surface area contributed by atoms with Crippen LogP contribution in [0.15, 0.2) is 23.1 Å². The van der Waals surface area contributed by atoms with E-state index in [0.717, 1.165) is 0 Å². The molecule has 0 aromatic heterocycles. The Hall–Kier alpha value is -0.580. The first-order valence-corrected chi connectivity index (χ1v) is 6.12. The van der Waals surface area contributed by atoms with Crippen LogP contribution in [0.2, 0.25) is 5.02 Å². The average Bonchev–Trinajstić information content (AvgIpc) is 2.05. The fourth-order valence-electron chi connectivity index (χ4n) is 0.932. The number of hydrogen-bond donors (Lipinski definition) is 1. The number of aryl methyl sites for hydroxylation is 1. The SMILES string of the molecule is CC.Cc1cc(Cl)ccc1S(N)(=O)=O. The van der Waals surface area contributed by atoms with Crippen molar-refractivity contribution in [2.45, 2.75) is 25.7 Å². The largest absolute Gasteiger partial charge is 0.238 e. The van der Waals surface area contributed by atoms with Gasteiger partial charge in [-0.1, -0.05) is 25.4 Å². The van der Waals surface area contributed by atoms with Crippen LogP contribution in [0.1, 0.15) is 19.4 Å². The molecular weight excluding hydrogens is 222 g/mol. The third-order valence-corrected chi connectivity index (χ3v) is 2.75. The van der Waals surface area contributed by atoms with Crippen LogP contribution in [0.4, 0.5) is 0 Å². The van der Waals surface area contributed by atoms with E-state index in [-0.39, 0.29) is 4.90 Å². The van der Waals surface area contributed by atoms with E-state index in [1.165, 1.54) is 12.1 Å². The summed E-state index contributed by atoms with van der Waals surface area (Å²) in [7, 11) is -3.61. The molecule has 0 aliphatic carbocycles. The van der Waals surface area contributed by atoms with E-state index in [4.69, 9.17) is 16.7 Å². The Morgan fingerprint density at radius 3 is 2.14 bits per heavy atom. The van der Waals surface area contributed by atoms with Gasteiger partial charge in [0.1, 0.15) is 0 Å². The fourth-order valence-corrected chi connectivity index (χ4v) is 1.92. The summed E-state index contributed by atoms with van der Waals surface area (Å²) < 4.78 is 21.8. The Kier molecular flexibility index (Phi) is 5.12. The molecule has 0 aliphatic heterocycles. The van der Waals surface area contributed by atoms with Crippen molar-refractivity contribution in [3.05, 3.63) is 28.8 Å². The quantitative estimate of drug-likeness (QED) is 0.812. The molecular formula is C9H14ClNO2S. The van der Waals surface area contributed by atoms with E-state index in [2.05, 4.69) is 0 Å². The first-order chi connectivity index (χ1) is 6.41. The van der Waals surface area contributed by atoms with Gasteiger partial charge in [-0.25, -0.2) is 13.6 Å². The van der Waals surface area contributed by atoms with Gasteiger partial charge in [-0.05, 0) is 30.7 Å². The van der Waals surface area contributed by atoms with E-state index in [0.29, 0.717) is 10.6 Å². The second-order valence-electron chi connectivity index (χ2n) is 2.45. The minimum Gasteiger partial charge on any atom is -0.225 e. The van der Waals surface area contributed by atoms with Crippen molar-refractivity contribution in [1.29, 1.82) is 0 Å². The zero-order valence-corrected chi connectivity index (χ0v) is 9.98. The predicted molar refractivity (Wildman–Crippen MR) is 58.9 cm³/mol. The van der Waals surface area contributed by atoms with Crippen LogP contribution < -0.4 is 5.14 Å². The summed E-state index contributed by atoms with van der Waals surface area (Å²) >= 11 is 5.63. The smallest absolute Gasteiger partial charge is 0.225 e. The summed E-state index contributed by atoms with van der Waals surface area (Å²) in [6.45, 7) is 5.64. The molecule has 0 heterocycles. The Morgan fingerprint density at radius 1 is 1.29 bits per heavy atom. The van der Waals surface area contributed by atoms with Gasteiger partial charge in [-0.3, -0.25) is 0 Å². The molecule has 1 aromatic rings. The molecule has 14 heavy (non-hydrogen) atoms. The van der Waals surface area contributed by atoms with Gasteiger partial charge in [-0.2, -0.15) is 0 Å². The van der Waals surface area contributed by atoms with Crippen LogP contribution in [0.3, 0.4) is 0 Å². The highest BCUT2D eigenvalue weighted by atomic mass is 35.5. The van der Waals surface area contributed by atoms with Gasteiger partial charge in [-0.15, -0.1) is 0 Å². The minimum absolute atomic E-state index is 0.118. The number of primary sulfonamides is 1. The van der Waals surface area contributed by atoms with Crippen molar-refractivity contribution >= 4 is 21.6 Å². The molecule has 0 saturated carbocycles. The van der Waals surface area contributed by atoms with Gasteiger partial charge in [0.05, 0.1) is 4.90 Å². The average molecular weight is 236 g/mol. The second-order valence-corrected chi connectivity index (χ2v) is 4.42. The number of sulfonamides is 1. The lowest BCUT2D eigenvalue weighted by Gasteiger charge is -2.02. The lowest BCUT2D eigenvalue weighted by molar-refractivity contribution is 0.597. The molecule has 0 aliphatic rings. The summed E-state index contributed by atoms with van der Waals surface area (Å²) in [5.74, 6) is 0. The summed E-state index contributed by atoms with van der Waals surface area (Å²) in [6, 6.07) is 4.45. The molecule has 0 fully saturated rings. The van der Waals surface area contributed by atoms with Crippen molar-refractivity contribution in [2.75, 3.05) is 0 Å². The molecule has 0 unspecified atom stereocenters. The van der Waals surface area contributed by atoms with Crippen molar-refractivity contribution in [3.63, 3.8) is 0 Å². The van der Waals surface area contributed by atoms with E-state index in [1.54, 1.807) is 13.0 Å². The highest BCUT2D eigenvalue weighted by Gasteiger charge is 2.10. The van der Waals surface area contributed by atoms with Crippen molar-refractivity contribution < 1.29 is 8.42 Å². The Labute approximate surface area is 89.9 Å². The summed E-state index contributed by atoms with van der Waals surface area (Å²) in [5, 5.41) is 5.44. The lowest BCUT2D eigenvalue weighted by atomic mass is 10.2. The molecule has 0 atom stereocenters. The van der Waals surface area contributed by atoms with Gasteiger partial charge in [0, 0.05) is 5.02 Å². The van der Waals surface area contributed by atoms with Crippen LogP contribution in [0, 0.1) is 6.92 Å². The zero-order chi connectivity index (χ0) is 11.4.